The highest BCUT2D eigenvalue weighted by Gasteiger charge is 2.48. The molecule has 0 spiro atoms. The van der Waals surface area contributed by atoms with E-state index in [-0.39, 0.29) is 28.4 Å². The largest absolute Gasteiger partial charge is 0.493 e. The summed E-state index contributed by atoms with van der Waals surface area (Å²) in [5.74, 6) is 1.32. The number of allylic oxidation sites excluding steroid dienone is 8. The number of hydrogen-bond acceptors (Lipinski definition) is 6. The second-order valence-corrected chi connectivity index (χ2v) is 15.5. The molecule has 1 aromatic carbocycles. The maximum absolute atomic E-state index is 13.6. The van der Waals surface area contributed by atoms with Crippen molar-refractivity contribution in [2.45, 2.75) is 143 Å². The lowest BCUT2D eigenvalue weighted by Crippen LogP contribution is -2.37. The average Bonchev–Trinajstić information content (AvgIpc) is 3.01. The molecule has 0 N–H and O–H groups in total. The molecule has 0 saturated heterocycles. The second kappa shape index (κ2) is 17.3. The van der Waals surface area contributed by atoms with Crippen LogP contribution < -0.4 is 9.47 Å². The SMILES string of the molecule is CCCCCC=CCC=CCCCCCCCC(=O)Oc1ccc(C2C3=C(CC(C)(C)CC3=O)OC3=C2C(=O)CC(C)(C)C3)cc1OC. The molecule has 6 nitrogen and oxygen atoms in total. The fraction of sp³-hybridized carbons (Fsp3) is 0.595. The number of esters is 1. The molecule has 0 aromatic heterocycles. The topological polar surface area (TPSA) is 78.9 Å². The van der Waals surface area contributed by atoms with Gasteiger partial charge in [0, 0.05) is 49.2 Å². The minimum Gasteiger partial charge on any atom is -0.493 e. The van der Waals surface area contributed by atoms with Gasteiger partial charge in [-0.05, 0) is 67.1 Å². The molecular weight excluding hydrogens is 600 g/mol. The van der Waals surface area contributed by atoms with Crippen molar-refractivity contribution in [2.75, 3.05) is 7.11 Å². The molecule has 0 bridgehead atoms. The summed E-state index contributed by atoms with van der Waals surface area (Å²) in [6, 6.07) is 5.40. The van der Waals surface area contributed by atoms with Gasteiger partial charge in [0.15, 0.2) is 23.1 Å². The Morgan fingerprint density at radius 3 is 1.92 bits per heavy atom. The molecule has 1 heterocycles. The zero-order valence-corrected chi connectivity index (χ0v) is 30.4. The molecule has 1 aromatic rings. The van der Waals surface area contributed by atoms with Gasteiger partial charge < -0.3 is 14.2 Å². The Balaban J connectivity index is 1.31. The summed E-state index contributed by atoms with van der Waals surface area (Å²) < 4.78 is 17.8. The van der Waals surface area contributed by atoms with E-state index in [1.807, 2.05) is 12.1 Å². The Hall–Kier alpha value is -3.41. The number of unbranched alkanes of at least 4 members (excludes halogenated alkanes) is 8. The summed E-state index contributed by atoms with van der Waals surface area (Å²) >= 11 is 0. The van der Waals surface area contributed by atoms with Gasteiger partial charge >= 0.3 is 5.97 Å². The molecule has 3 aliphatic rings. The minimum atomic E-state index is -0.526. The van der Waals surface area contributed by atoms with Gasteiger partial charge in [-0.2, -0.15) is 0 Å². The van der Waals surface area contributed by atoms with Gasteiger partial charge in [0.1, 0.15) is 11.5 Å². The molecule has 0 radical (unpaired) electrons. The third-order valence-corrected chi connectivity index (χ3v) is 9.66. The van der Waals surface area contributed by atoms with E-state index in [0.29, 0.717) is 66.3 Å². The molecule has 0 unspecified atom stereocenters. The first kappa shape index (κ1) is 37.4. The van der Waals surface area contributed by atoms with E-state index < -0.39 is 5.92 Å². The van der Waals surface area contributed by atoms with Crippen molar-refractivity contribution in [3.05, 3.63) is 70.7 Å². The molecule has 0 saturated carbocycles. The third-order valence-electron chi connectivity index (χ3n) is 9.66. The van der Waals surface area contributed by atoms with Crippen LogP contribution >= 0.6 is 0 Å². The zero-order chi connectivity index (χ0) is 34.7. The summed E-state index contributed by atoms with van der Waals surface area (Å²) in [5, 5.41) is 0. The molecule has 6 heteroatoms. The molecule has 2 aliphatic carbocycles. The highest BCUT2D eigenvalue weighted by molar-refractivity contribution is 6.06. The molecule has 262 valence electrons. The van der Waals surface area contributed by atoms with Gasteiger partial charge in [-0.1, -0.05) is 97.1 Å². The van der Waals surface area contributed by atoms with Crippen LogP contribution in [0.25, 0.3) is 0 Å². The quantitative estimate of drug-likeness (QED) is 0.0717. The highest BCUT2D eigenvalue weighted by Crippen LogP contribution is 2.53. The first-order chi connectivity index (χ1) is 22.9. The van der Waals surface area contributed by atoms with Crippen LogP contribution in [-0.4, -0.2) is 24.6 Å². The van der Waals surface area contributed by atoms with Crippen molar-refractivity contribution in [1.82, 2.24) is 0 Å². The lowest BCUT2D eigenvalue weighted by Gasteiger charge is -2.42. The van der Waals surface area contributed by atoms with Crippen LogP contribution in [0, 0.1) is 10.8 Å². The Labute approximate surface area is 289 Å². The van der Waals surface area contributed by atoms with Crippen LogP contribution in [0.1, 0.15) is 149 Å². The van der Waals surface area contributed by atoms with Crippen molar-refractivity contribution in [1.29, 1.82) is 0 Å². The molecule has 0 fully saturated rings. The van der Waals surface area contributed by atoms with Crippen LogP contribution in [0.15, 0.2) is 65.2 Å². The van der Waals surface area contributed by atoms with E-state index in [9.17, 15) is 14.4 Å². The van der Waals surface area contributed by atoms with E-state index in [4.69, 9.17) is 14.2 Å². The van der Waals surface area contributed by atoms with Gasteiger partial charge in [0.05, 0.1) is 7.11 Å². The van der Waals surface area contributed by atoms with Gasteiger partial charge in [-0.25, -0.2) is 0 Å². The van der Waals surface area contributed by atoms with Crippen molar-refractivity contribution in [3.63, 3.8) is 0 Å². The van der Waals surface area contributed by atoms with Crippen LogP contribution in [0.3, 0.4) is 0 Å². The number of hydrogen-bond donors (Lipinski definition) is 0. The number of carbonyl (C=O) groups is 3. The van der Waals surface area contributed by atoms with Gasteiger partial charge in [-0.15, -0.1) is 0 Å². The van der Waals surface area contributed by atoms with Crippen molar-refractivity contribution in [3.8, 4) is 11.5 Å². The highest BCUT2D eigenvalue weighted by atomic mass is 16.6. The molecule has 0 atom stereocenters. The number of methoxy groups -OCH3 is 1. The van der Waals surface area contributed by atoms with E-state index in [2.05, 4.69) is 58.9 Å². The maximum atomic E-state index is 13.6. The smallest absolute Gasteiger partial charge is 0.311 e. The average molecular weight is 659 g/mol. The zero-order valence-electron chi connectivity index (χ0n) is 30.4. The number of rotatable bonds is 17. The fourth-order valence-corrected chi connectivity index (χ4v) is 7.21. The number of ketones is 2. The Kier molecular flexibility index (Phi) is 13.5. The Bertz CT molecular complexity index is 1380. The lowest BCUT2D eigenvalue weighted by molar-refractivity contribution is -0.134. The standard InChI is InChI=1S/C42H58O6/c1-7-8-9-10-11-12-13-14-15-16-17-18-19-20-21-22-37(45)48-33-24-23-30(25-34(33)46-6)38-39-31(43)26-41(2,3)28-35(39)47-36-29-42(4,5)27-32(44)40(36)38/h11-12,14-15,23-25,38H,7-10,13,16-22,26-29H2,1-6H3. The molecule has 1 aliphatic heterocycles. The normalized spacial score (nSPS) is 19.1. The summed E-state index contributed by atoms with van der Waals surface area (Å²) in [7, 11) is 1.54. The van der Waals surface area contributed by atoms with E-state index in [1.54, 1.807) is 13.2 Å². The monoisotopic (exact) mass is 658 g/mol. The van der Waals surface area contributed by atoms with Gasteiger partial charge in [0.25, 0.3) is 0 Å². The van der Waals surface area contributed by atoms with Crippen LogP contribution in [-0.2, 0) is 19.1 Å². The molecule has 4 rings (SSSR count). The first-order valence-electron chi connectivity index (χ1n) is 18.3. The molecule has 0 amide bonds. The van der Waals surface area contributed by atoms with Crippen LogP contribution in [0.5, 0.6) is 11.5 Å². The van der Waals surface area contributed by atoms with Crippen molar-refractivity contribution >= 4 is 17.5 Å². The van der Waals surface area contributed by atoms with E-state index >= 15 is 0 Å². The lowest BCUT2D eigenvalue weighted by atomic mass is 9.65. The fourth-order valence-electron chi connectivity index (χ4n) is 7.21. The number of benzene rings is 1. The van der Waals surface area contributed by atoms with Crippen LogP contribution in [0.2, 0.25) is 0 Å². The third kappa shape index (κ3) is 10.3. The number of Topliss-reactive ketones (excluding diaryl/α,β-unsaturated/α-hetero) is 2. The number of carbonyl (C=O) groups excluding carboxylic acids is 3. The maximum Gasteiger partial charge on any atom is 0.311 e. The van der Waals surface area contributed by atoms with E-state index in [0.717, 1.165) is 44.1 Å². The number of ether oxygens (including phenoxy) is 3. The Morgan fingerprint density at radius 1 is 0.771 bits per heavy atom. The summed E-state index contributed by atoms with van der Waals surface area (Å²) in [5.41, 5.74) is 1.49. The molecular formula is C42H58O6. The predicted octanol–water partition coefficient (Wildman–Crippen LogP) is 10.8. The Morgan fingerprint density at radius 2 is 1.33 bits per heavy atom. The van der Waals surface area contributed by atoms with Crippen molar-refractivity contribution in [2.24, 2.45) is 10.8 Å². The summed E-state index contributed by atoms with van der Waals surface area (Å²) in [6.07, 6.45) is 23.9. The van der Waals surface area contributed by atoms with E-state index in [1.165, 1.54) is 32.1 Å². The van der Waals surface area contributed by atoms with Crippen LogP contribution in [0.4, 0.5) is 0 Å². The summed E-state index contributed by atoms with van der Waals surface area (Å²) in [6.45, 7) is 10.5. The first-order valence-corrected chi connectivity index (χ1v) is 18.3. The van der Waals surface area contributed by atoms with Gasteiger partial charge in [0.2, 0.25) is 0 Å². The van der Waals surface area contributed by atoms with Crippen molar-refractivity contribution < 1.29 is 28.6 Å². The molecule has 48 heavy (non-hydrogen) atoms. The summed E-state index contributed by atoms with van der Waals surface area (Å²) in [4.78, 5) is 40.0. The predicted molar refractivity (Wildman–Crippen MR) is 192 cm³/mol. The second-order valence-electron chi connectivity index (χ2n) is 15.5. The minimum absolute atomic E-state index is 0.0160. The van der Waals surface area contributed by atoms with Gasteiger partial charge in [-0.3, -0.25) is 14.4 Å².